The summed E-state index contributed by atoms with van der Waals surface area (Å²) in [7, 11) is 0. The predicted octanol–water partition coefficient (Wildman–Crippen LogP) is 1.75. The van der Waals surface area contributed by atoms with E-state index in [9.17, 15) is 5.26 Å². The molecule has 0 bridgehead atoms. The van der Waals surface area contributed by atoms with Crippen molar-refractivity contribution in [1.82, 2.24) is 10.2 Å². The third kappa shape index (κ3) is 2.39. The summed E-state index contributed by atoms with van der Waals surface area (Å²) in [5.74, 6) is 0.804. The lowest BCUT2D eigenvalue weighted by Gasteiger charge is -2.41. The number of hydrogen-bond acceptors (Lipinski definition) is 3. The topological polar surface area (TPSA) is 39.1 Å². The lowest BCUT2D eigenvalue weighted by atomic mass is 9.88. The lowest BCUT2D eigenvalue weighted by molar-refractivity contribution is 0.103. The van der Waals surface area contributed by atoms with Gasteiger partial charge in [-0.15, -0.1) is 0 Å². The second-order valence-electron chi connectivity index (χ2n) is 5.42. The molecule has 0 aromatic carbocycles. The molecule has 0 radical (unpaired) electrons. The Morgan fingerprint density at radius 3 is 2.69 bits per heavy atom. The molecule has 0 amide bonds. The molecule has 2 atom stereocenters. The van der Waals surface area contributed by atoms with Crippen molar-refractivity contribution in [3.05, 3.63) is 0 Å². The Kier molecular flexibility index (Phi) is 3.83. The molecule has 1 heterocycles. The van der Waals surface area contributed by atoms with Gasteiger partial charge in [-0.2, -0.15) is 5.26 Å². The molecular formula is C13H23N3. The van der Waals surface area contributed by atoms with E-state index in [1.54, 1.807) is 0 Å². The molecular weight excluding hydrogens is 198 g/mol. The van der Waals surface area contributed by atoms with Crippen LogP contribution in [0.2, 0.25) is 0 Å². The number of nitrogens with one attached hydrogen (secondary N) is 1. The fourth-order valence-electron chi connectivity index (χ4n) is 3.09. The van der Waals surface area contributed by atoms with E-state index < -0.39 is 0 Å². The molecule has 0 aromatic rings. The van der Waals surface area contributed by atoms with Gasteiger partial charge in [0.15, 0.2) is 0 Å². The molecule has 3 heteroatoms. The maximum absolute atomic E-state index is 9.59. The van der Waals surface area contributed by atoms with Gasteiger partial charge in [0.25, 0.3) is 0 Å². The second-order valence-corrected chi connectivity index (χ2v) is 5.42. The molecule has 16 heavy (non-hydrogen) atoms. The van der Waals surface area contributed by atoms with Crippen molar-refractivity contribution >= 4 is 0 Å². The average molecular weight is 221 g/mol. The monoisotopic (exact) mass is 221 g/mol. The zero-order valence-electron chi connectivity index (χ0n) is 10.3. The summed E-state index contributed by atoms with van der Waals surface area (Å²) in [5, 5.41) is 13.0. The minimum Gasteiger partial charge on any atom is -0.314 e. The number of rotatable bonds is 1. The van der Waals surface area contributed by atoms with Crippen LogP contribution in [0.4, 0.5) is 0 Å². The quantitative estimate of drug-likeness (QED) is 0.686. The van der Waals surface area contributed by atoms with E-state index in [0.717, 1.165) is 44.9 Å². The SMILES string of the molecule is CC1CCCC(C#N)(N2CCNCC2)CC1. The van der Waals surface area contributed by atoms with Crippen LogP contribution in [-0.4, -0.2) is 36.6 Å². The second kappa shape index (κ2) is 5.16. The van der Waals surface area contributed by atoms with Gasteiger partial charge in [-0.1, -0.05) is 19.8 Å². The van der Waals surface area contributed by atoms with Crippen molar-refractivity contribution < 1.29 is 0 Å². The van der Waals surface area contributed by atoms with Crippen LogP contribution < -0.4 is 5.32 Å². The first-order chi connectivity index (χ1) is 7.77. The minimum absolute atomic E-state index is 0.146. The Hall–Kier alpha value is -0.590. The highest BCUT2D eigenvalue weighted by molar-refractivity contribution is 5.10. The Labute approximate surface area is 98.8 Å². The summed E-state index contributed by atoms with van der Waals surface area (Å²) in [6.45, 7) is 6.49. The van der Waals surface area contributed by atoms with Crippen LogP contribution in [0.25, 0.3) is 0 Å². The molecule has 1 aliphatic heterocycles. The fraction of sp³-hybridized carbons (Fsp3) is 0.923. The van der Waals surface area contributed by atoms with E-state index in [0.29, 0.717) is 0 Å². The van der Waals surface area contributed by atoms with E-state index in [4.69, 9.17) is 0 Å². The zero-order chi connectivity index (χ0) is 11.4. The standard InChI is InChI=1S/C13H23N3/c1-12-3-2-5-13(11-14,6-4-12)16-9-7-15-8-10-16/h12,15H,2-10H2,1H3. The van der Waals surface area contributed by atoms with Crippen LogP contribution in [0.3, 0.4) is 0 Å². The van der Waals surface area contributed by atoms with Crippen LogP contribution in [0.5, 0.6) is 0 Å². The molecule has 1 N–H and O–H groups in total. The molecule has 0 aromatic heterocycles. The van der Waals surface area contributed by atoms with E-state index in [2.05, 4.69) is 23.2 Å². The smallest absolute Gasteiger partial charge is 0.109 e. The van der Waals surface area contributed by atoms with Gasteiger partial charge in [0.1, 0.15) is 5.54 Å². The molecule has 2 unspecified atom stereocenters. The van der Waals surface area contributed by atoms with Crippen molar-refractivity contribution in [3.63, 3.8) is 0 Å². The molecule has 90 valence electrons. The molecule has 0 spiro atoms. The molecule has 1 saturated carbocycles. The Balaban J connectivity index is 2.08. The summed E-state index contributed by atoms with van der Waals surface area (Å²) < 4.78 is 0. The third-order valence-corrected chi connectivity index (χ3v) is 4.27. The van der Waals surface area contributed by atoms with Gasteiger partial charge in [-0.25, -0.2) is 0 Å². The fourth-order valence-corrected chi connectivity index (χ4v) is 3.09. The van der Waals surface area contributed by atoms with Gasteiger partial charge in [0, 0.05) is 26.2 Å². The maximum Gasteiger partial charge on any atom is 0.109 e. The molecule has 2 aliphatic rings. The summed E-state index contributed by atoms with van der Waals surface area (Å²) in [5.41, 5.74) is -0.146. The summed E-state index contributed by atoms with van der Waals surface area (Å²) in [6.07, 6.45) is 5.89. The van der Waals surface area contributed by atoms with E-state index >= 15 is 0 Å². The van der Waals surface area contributed by atoms with E-state index in [-0.39, 0.29) is 5.54 Å². The number of piperazine rings is 1. The first-order valence-corrected chi connectivity index (χ1v) is 6.64. The Morgan fingerprint density at radius 2 is 2.00 bits per heavy atom. The summed E-state index contributed by atoms with van der Waals surface area (Å²) in [4.78, 5) is 2.43. The van der Waals surface area contributed by atoms with Crippen LogP contribution in [0.15, 0.2) is 0 Å². The van der Waals surface area contributed by atoms with Crippen molar-refractivity contribution in [2.45, 2.75) is 44.6 Å². The number of hydrogen-bond donors (Lipinski definition) is 1. The van der Waals surface area contributed by atoms with Crippen LogP contribution >= 0.6 is 0 Å². The summed E-state index contributed by atoms with van der Waals surface area (Å²) >= 11 is 0. The first kappa shape index (κ1) is 11.9. The van der Waals surface area contributed by atoms with Gasteiger partial charge < -0.3 is 5.32 Å². The van der Waals surface area contributed by atoms with Gasteiger partial charge in [0.05, 0.1) is 6.07 Å². The highest BCUT2D eigenvalue weighted by Gasteiger charge is 2.38. The average Bonchev–Trinajstić information content (AvgIpc) is 2.53. The summed E-state index contributed by atoms with van der Waals surface area (Å²) in [6, 6.07) is 2.65. The van der Waals surface area contributed by atoms with Crippen molar-refractivity contribution in [2.24, 2.45) is 5.92 Å². The van der Waals surface area contributed by atoms with Crippen molar-refractivity contribution in [3.8, 4) is 6.07 Å². The highest BCUT2D eigenvalue weighted by Crippen LogP contribution is 2.34. The van der Waals surface area contributed by atoms with Gasteiger partial charge in [0.2, 0.25) is 0 Å². The normalized spacial score (nSPS) is 37.6. The number of nitriles is 1. The highest BCUT2D eigenvalue weighted by atomic mass is 15.2. The Bertz CT molecular complexity index is 265. The van der Waals surface area contributed by atoms with Crippen LogP contribution in [-0.2, 0) is 0 Å². The largest absolute Gasteiger partial charge is 0.314 e. The van der Waals surface area contributed by atoms with E-state index in [1.165, 1.54) is 19.3 Å². The van der Waals surface area contributed by atoms with Crippen molar-refractivity contribution in [1.29, 1.82) is 5.26 Å². The lowest BCUT2D eigenvalue weighted by Crippen LogP contribution is -2.55. The van der Waals surface area contributed by atoms with Crippen LogP contribution in [0, 0.1) is 17.2 Å². The maximum atomic E-state index is 9.59. The predicted molar refractivity (Wildman–Crippen MR) is 65.0 cm³/mol. The third-order valence-electron chi connectivity index (χ3n) is 4.27. The molecule has 2 fully saturated rings. The van der Waals surface area contributed by atoms with Crippen LogP contribution in [0.1, 0.15) is 39.0 Å². The van der Waals surface area contributed by atoms with Gasteiger partial charge in [-0.3, -0.25) is 4.90 Å². The molecule has 2 rings (SSSR count). The minimum atomic E-state index is -0.146. The zero-order valence-corrected chi connectivity index (χ0v) is 10.3. The van der Waals surface area contributed by atoms with Crippen molar-refractivity contribution in [2.75, 3.05) is 26.2 Å². The Morgan fingerprint density at radius 1 is 1.25 bits per heavy atom. The first-order valence-electron chi connectivity index (χ1n) is 6.64. The number of nitrogens with zero attached hydrogens (tertiary/aromatic N) is 2. The molecule has 3 nitrogen and oxygen atoms in total. The van der Waals surface area contributed by atoms with Gasteiger partial charge in [-0.05, 0) is 25.2 Å². The molecule has 1 aliphatic carbocycles. The van der Waals surface area contributed by atoms with Gasteiger partial charge >= 0.3 is 0 Å². The van der Waals surface area contributed by atoms with E-state index in [1.807, 2.05) is 0 Å². The molecule has 1 saturated heterocycles.